The SMILES string of the molecule is CCCc1nc(C(=O)O)nn1-c1cccc2cnccc12. The summed E-state index contributed by atoms with van der Waals surface area (Å²) in [4.78, 5) is 19.3. The summed E-state index contributed by atoms with van der Waals surface area (Å²) in [5, 5.41) is 15.2. The molecule has 0 aliphatic heterocycles. The van der Waals surface area contributed by atoms with E-state index in [9.17, 15) is 4.79 Å². The molecule has 0 spiro atoms. The normalized spacial score (nSPS) is 10.9. The molecule has 1 N–H and O–H groups in total. The van der Waals surface area contributed by atoms with Gasteiger partial charge in [0.2, 0.25) is 0 Å². The fourth-order valence-corrected chi connectivity index (χ4v) is 2.30. The van der Waals surface area contributed by atoms with Gasteiger partial charge < -0.3 is 5.11 Å². The highest BCUT2D eigenvalue weighted by Crippen LogP contribution is 2.22. The Kier molecular flexibility index (Phi) is 3.35. The van der Waals surface area contributed by atoms with Gasteiger partial charge in [-0.05, 0) is 18.6 Å². The van der Waals surface area contributed by atoms with E-state index < -0.39 is 5.97 Å². The van der Waals surface area contributed by atoms with Crippen molar-refractivity contribution in [3.63, 3.8) is 0 Å². The molecule has 2 aromatic heterocycles. The van der Waals surface area contributed by atoms with Crippen LogP contribution in [0, 0.1) is 0 Å². The molecule has 0 radical (unpaired) electrons. The van der Waals surface area contributed by atoms with Crippen LogP contribution in [0.2, 0.25) is 0 Å². The van der Waals surface area contributed by atoms with Crippen LogP contribution in [-0.4, -0.2) is 30.8 Å². The van der Waals surface area contributed by atoms with E-state index in [4.69, 9.17) is 5.11 Å². The highest BCUT2D eigenvalue weighted by atomic mass is 16.4. The van der Waals surface area contributed by atoms with Crippen LogP contribution < -0.4 is 0 Å². The molecule has 0 saturated carbocycles. The number of aromatic nitrogens is 4. The Hall–Kier alpha value is -2.76. The molecule has 0 atom stereocenters. The van der Waals surface area contributed by atoms with Gasteiger partial charge in [0.15, 0.2) is 0 Å². The van der Waals surface area contributed by atoms with Crippen LogP contribution in [0.3, 0.4) is 0 Å². The standard InChI is InChI=1S/C15H14N4O2/c1-2-4-13-17-14(15(20)21)18-19(13)12-6-3-5-10-9-16-8-7-11(10)12/h3,5-9H,2,4H2,1H3,(H,20,21). The molecule has 106 valence electrons. The number of nitrogens with zero attached hydrogens (tertiary/aromatic N) is 4. The number of benzene rings is 1. The summed E-state index contributed by atoms with van der Waals surface area (Å²) in [5.74, 6) is -0.642. The molecule has 1 aromatic carbocycles. The second-order valence-corrected chi connectivity index (χ2v) is 4.69. The quantitative estimate of drug-likeness (QED) is 0.795. The summed E-state index contributed by atoms with van der Waals surface area (Å²) in [6.07, 6.45) is 5.01. The molecule has 2 heterocycles. The Morgan fingerprint density at radius 1 is 1.33 bits per heavy atom. The highest BCUT2D eigenvalue weighted by Gasteiger charge is 2.17. The number of carboxylic acid groups (broad SMARTS) is 1. The average Bonchev–Trinajstić information content (AvgIpc) is 2.91. The maximum absolute atomic E-state index is 11.1. The van der Waals surface area contributed by atoms with Gasteiger partial charge >= 0.3 is 5.97 Å². The molecule has 3 aromatic rings. The summed E-state index contributed by atoms with van der Waals surface area (Å²) in [6, 6.07) is 7.65. The maximum Gasteiger partial charge on any atom is 0.375 e. The summed E-state index contributed by atoms with van der Waals surface area (Å²) in [6.45, 7) is 2.02. The van der Waals surface area contributed by atoms with Crippen molar-refractivity contribution < 1.29 is 9.90 Å². The van der Waals surface area contributed by atoms with Crippen molar-refractivity contribution in [3.05, 3.63) is 48.3 Å². The van der Waals surface area contributed by atoms with Gasteiger partial charge in [-0.25, -0.2) is 14.5 Å². The van der Waals surface area contributed by atoms with Crippen LogP contribution >= 0.6 is 0 Å². The first kappa shape index (κ1) is 13.2. The van der Waals surface area contributed by atoms with E-state index in [1.807, 2.05) is 31.2 Å². The number of hydrogen-bond acceptors (Lipinski definition) is 4. The van der Waals surface area contributed by atoms with Gasteiger partial charge in [0.05, 0.1) is 5.69 Å². The zero-order chi connectivity index (χ0) is 14.8. The average molecular weight is 282 g/mol. The number of hydrogen-bond donors (Lipinski definition) is 1. The van der Waals surface area contributed by atoms with E-state index in [0.29, 0.717) is 12.2 Å². The van der Waals surface area contributed by atoms with Gasteiger partial charge in [-0.1, -0.05) is 19.1 Å². The number of fused-ring (bicyclic) bond motifs is 1. The number of aromatic carboxylic acids is 1. The number of pyridine rings is 1. The first-order chi connectivity index (χ1) is 10.2. The number of carbonyl (C=O) groups is 1. The largest absolute Gasteiger partial charge is 0.475 e. The summed E-state index contributed by atoms with van der Waals surface area (Å²) in [7, 11) is 0. The van der Waals surface area contributed by atoms with Gasteiger partial charge in [0, 0.05) is 29.6 Å². The molecule has 3 rings (SSSR count). The molecule has 0 bridgehead atoms. The van der Waals surface area contributed by atoms with Gasteiger partial charge in [-0.2, -0.15) is 0 Å². The van der Waals surface area contributed by atoms with Crippen molar-refractivity contribution in [2.45, 2.75) is 19.8 Å². The van der Waals surface area contributed by atoms with Crippen LogP contribution in [0.1, 0.15) is 29.8 Å². The van der Waals surface area contributed by atoms with Crippen LogP contribution in [0.25, 0.3) is 16.5 Å². The minimum Gasteiger partial charge on any atom is -0.475 e. The van der Waals surface area contributed by atoms with Crippen LogP contribution in [0.5, 0.6) is 0 Å². The molecule has 0 unspecified atom stereocenters. The fraction of sp³-hybridized carbons (Fsp3) is 0.200. The lowest BCUT2D eigenvalue weighted by atomic mass is 10.1. The van der Waals surface area contributed by atoms with E-state index in [-0.39, 0.29) is 5.82 Å². The van der Waals surface area contributed by atoms with Crippen molar-refractivity contribution in [2.75, 3.05) is 0 Å². The Bertz CT molecular complexity index is 805. The third kappa shape index (κ3) is 2.35. The molecule has 0 fully saturated rings. The maximum atomic E-state index is 11.1. The van der Waals surface area contributed by atoms with E-state index in [2.05, 4.69) is 15.1 Å². The third-order valence-electron chi connectivity index (χ3n) is 3.22. The first-order valence-electron chi connectivity index (χ1n) is 6.73. The van der Waals surface area contributed by atoms with E-state index in [0.717, 1.165) is 22.9 Å². The predicted molar refractivity (Wildman–Crippen MR) is 77.6 cm³/mol. The van der Waals surface area contributed by atoms with Crippen LogP contribution in [0.15, 0.2) is 36.7 Å². The number of rotatable bonds is 4. The van der Waals surface area contributed by atoms with Crippen LogP contribution in [-0.2, 0) is 6.42 Å². The van der Waals surface area contributed by atoms with Crippen molar-refractivity contribution in [1.29, 1.82) is 0 Å². The molecule has 0 amide bonds. The topological polar surface area (TPSA) is 80.9 Å². The predicted octanol–water partition coefficient (Wildman–Crippen LogP) is 2.47. The molecule has 0 aliphatic carbocycles. The minimum absolute atomic E-state index is 0.176. The fourth-order valence-electron chi connectivity index (χ4n) is 2.30. The summed E-state index contributed by atoms with van der Waals surface area (Å²) in [5.41, 5.74) is 0.818. The Morgan fingerprint density at radius 3 is 2.95 bits per heavy atom. The third-order valence-corrected chi connectivity index (χ3v) is 3.22. The molecular weight excluding hydrogens is 268 g/mol. The van der Waals surface area contributed by atoms with E-state index in [1.54, 1.807) is 17.1 Å². The molecule has 6 nitrogen and oxygen atoms in total. The molecular formula is C15H14N4O2. The van der Waals surface area contributed by atoms with Gasteiger partial charge in [0.25, 0.3) is 5.82 Å². The molecule has 6 heteroatoms. The van der Waals surface area contributed by atoms with Crippen molar-refractivity contribution in [1.82, 2.24) is 19.7 Å². The lowest BCUT2D eigenvalue weighted by Gasteiger charge is -2.08. The van der Waals surface area contributed by atoms with Gasteiger partial charge in [-0.15, -0.1) is 5.10 Å². The Labute approximate surface area is 121 Å². The van der Waals surface area contributed by atoms with Crippen LogP contribution in [0.4, 0.5) is 0 Å². The first-order valence-corrected chi connectivity index (χ1v) is 6.73. The lowest BCUT2D eigenvalue weighted by molar-refractivity contribution is 0.0683. The van der Waals surface area contributed by atoms with Crippen molar-refractivity contribution in [3.8, 4) is 5.69 Å². The van der Waals surface area contributed by atoms with E-state index >= 15 is 0 Å². The smallest absolute Gasteiger partial charge is 0.375 e. The number of carboxylic acids is 1. The molecule has 0 aliphatic rings. The minimum atomic E-state index is -1.12. The molecule has 0 saturated heterocycles. The number of aryl methyl sites for hydroxylation is 1. The molecule has 21 heavy (non-hydrogen) atoms. The summed E-state index contributed by atoms with van der Waals surface area (Å²) < 4.78 is 1.62. The van der Waals surface area contributed by atoms with Gasteiger partial charge in [-0.3, -0.25) is 4.98 Å². The van der Waals surface area contributed by atoms with Crippen molar-refractivity contribution >= 4 is 16.7 Å². The van der Waals surface area contributed by atoms with E-state index in [1.165, 1.54) is 0 Å². The van der Waals surface area contributed by atoms with Gasteiger partial charge in [0.1, 0.15) is 5.82 Å². The second kappa shape index (κ2) is 5.32. The Morgan fingerprint density at radius 2 is 2.19 bits per heavy atom. The highest BCUT2D eigenvalue weighted by molar-refractivity contribution is 5.89. The second-order valence-electron chi connectivity index (χ2n) is 4.69. The monoisotopic (exact) mass is 282 g/mol. The zero-order valence-corrected chi connectivity index (χ0v) is 11.5. The van der Waals surface area contributed by atoms with Crippen molar-refractivity contribution in [2.24, 2.45) is 0 Å². The summed E-state index contributed by atoms with van der Waals surface area (Å²) >= 11 is 0. The lowest BCUT2D eigenvalue weighted by Crippen LogP contribution is -2.04. The Balaban J connectivity index is 2.24. The zero-order valence-electron chi connectivity index (χ0n) is 11.5.